The summed E-state index contributed by atoms with van der Waals surface area (Å²) in [5.74, 6) is 0.486. The van der Waals surface area contributed by atoms with Crippen molar-refractivity contribution in [3.63, 3.8) is 0 Å². The molecule has 0 saturated heterocycles. The van der Waals surface area contributed by atoms with Crippen LogP contribution in [0.5, 0.6) is 0 Å². The van der Waals surface area contributed by atoms with Gasteiger partial charge < -0.3 is 14.6 Å². The highest BCUT2D eigenvalue weighted by Gasteiger charge is 2.28. The summed E-state index contributed by atoms with van der Waals surface area (Å²) in [7, 11) is 1.32. The standard InChI is InChI=1S/C16H15ClN4O2S/c1-23-15(22)13-14(17)20-16(24-13)18-8-12-19-10-4-2-3-5-11(10)21(12)9-6-7-9/h2-5,9H,6-8H2,1H3,(H,18,20). The molecule has 8 heteroatoms. The van der Waals surface area contributed by atoms with E-state index in [-0.39, 0.29) is 5.15 Å². The van der Waals surface area contributed by atoms with Gasteiger partial charge in [0.2, 0.25) is 0 Å². The van der Waals surface area contributed by atoms with Crippen LogP contribution >= 0.6 is 22.9 Å². The van der Waals surface area contributed by atoms with E-state index in [2.05, 4.69) is 20.9 Å². The number of halogens is 1. The highest BCUT2D eigenvalue weighted by Crippen LogP contribution is 2.39. The van der Waals surface area contributed by atoms with Crippen molar-refractivity contribution >= 4 is 45.1 Å². The zero-order chi connectivity index (χ0) is 16.7. The molecule has 1 fully saturated rings. The predicted octanol–water partition coefficient (Wildman–Crippen LogP) is 3.88. The smallest absolute Gasteiger partial charge is 0.351 e. The van der Waals surface area contributed by atoms with Gasteiger partial charge in [-0.25, -0.2) is 14.8 Å². The van der Waals surface area contributed by atoms with Crippen molar-refractivity contribution in [3.8, 4) is 0 Å². The summed E-state index contributed by atoms with van der Waals surface area (Å²) < 4.78 is 6.99. The minimum absolute atomic E-state index is 0.157. The third kappa shape index (κ3) is 2.74. The molecule has 4 rings (SSSR count). The van der Waals surface area contributed by atoms with Crippen molar-refractivity contribution in [1.82, 2.24) is 14.5 Å². The first kappa shape index (κ1) is 15.4. The van der Waals surface area contributed by atoms with Gasteiger partial charge in [-0.3, -0.25) is 0 Å². The molecule has 0 bridgehead atoms. The van der Waals surface area contributed by atoms with E-state index in [0.29, 0.717) is 22.6 Å². The largest absolute Gasteiger partial charge is 0.465 e. The summed E-state index contributed by atoms with van der Waals surface area (Å²) in [6.45, 7) is 0.523. The molecule has 0 aliphatic heterocycles. The summed E-state index contributed by atoms with van der Waals surface area (Å²) in [5.41, 5.74) is 2.15. The Kier molecular flexibility index (Phi) is 3.90. The third-order valence-corrected chi connectivity index (χ3v) is 5.31. The van der Waals surface area contributed by atoms with E-state index in [4.69, 9.17) is 21.3 Å². The number of methoxy groups -OCH3 is 1. The number of benzene rings is 1. The van der Waals surface area contributed by atoms with Crippen molar-refractivity contribution in [2.24, 2.45) is 0 Å². The summed E-state index contributed by atoms with van der Waals surface area (Å²) in [6.07, 6.45) is 2.37. The molecule has 2 aromatic heterocycles. The fourth-order valence-electron chi connectivity index (χ4n) is 2.71. The van der Waals surface area contributed by atoms with Gasteiger partial charge in [-0.05, 0) is 25.0 Å². The molecule has 6 nitrogen and oxygen atoms in total. The first-order valence-electron chi connectivity index (χ1n) is 7.61. The number of imidazole rings is 1. The Morgan fingerprint density at radius 2 is 2.21 bits per heavy atom. The number of ether oxygens (including phenoxy) is 1. The van der Waals surface area contributed by atoms with Crippen LogP contribution in [0.3, 0.4) is 0 Å². The van der Waals surface area contributed by atoms with E-state index >= 15 is 0 Å². The molecule has 1 N–H and O–H groups in total. The van der Waals surface area contributed by atoms with Gasteiger partial charge in [0.25, 0.3) is 0 Å². The number of rotatable bonds is 5. The topological polar surface area (TPSA) is 69.0 Å². The van der Waals surface area contributed by atoms with Crippen LogP contribution < -0.4 is 5.32 Å². The van der Waals surface area contributed by atoms with Gasteiger partial charge in [0, 0.05) is 6.04 Å². The Balaban J connectivity index is 1.59. The average molecular weight is 363 g/mol. The van der Waals surface area contributed by atoms with E-state index < -0.39 is 5.97 Å². The lowest BCUT2D eigenvalue weighted by atomic mass is 10.3. The van der Waals surface area contributed by atoms with Crippen molar-refractivity contribution in [1.29, 1.82) is 0 Å². The number of carbonyl (C=O) groups excluding carboxylic acids is 1. The lowest BCUT2D eigenvalue weighted by Crippen LogP contribution is -2.07. The fourth-order valence-corrected chi connectivity index (χ4v) is 3.81. The van der Waals surface area contributed by atoms with Crippen LogP contribution in [-0.4, -0.2) is 27.6 Å². The van der Waals surface area contributed by atoms with Gasteiger partial charge in [0.1, 0.15) is 5.82 Å². The van der Waals surface area contributed by atoms with Gasteiger partial charge in [-0.15, -0.1) is 0 Å². The Bertz CT molecular complexity index is 916. The van der Waals surface area contributed by atoms with E-state index in [1.54, 1.807) is 0 Å². The predicted molar refractivity (Wildman–Crippen MR) is 93.8 cm³/mol. The molecule has 1 aromatic carbocycles. The lowest BCUT2D eigenvalue weighted by molar-refractivity contribution is 0.0606. The minimum atomic E-state index is -0.476. The zero-order valence-corrected chi connectivity index (χ0v) is 14.5. The van der Waals surface area contributed by atoms with Crippen LogP contribution in [0.1, 0.15) is 34.4 Å². The highest BCUT2D eigenvalue weighted by atomic mass is 35.5. The molecule has 0 atom stereocenters. The Morgan fingerprint density at radius 3 is 2.96 bits per heavy atom. The number of para-hydroxylation sites is 2. The molecule has 0 radical (unpaired) electrons. The van der Waals surface area contributed by atoms with Crippen molar-refractivity contribution in [3.05, 3.63) is 40.1 Å². The van der Waals surface area contributed by atoms with E-state index in [0.717, 1.165) is 16.9 Å². The van der Waals surface area contributed by atoms with Gasteiger partial charge in [-0.2, -0.15) is 0 Å². The van der Waals surface area contributed by atoms with Crippen LogP contribution in [0.2, 0.25) is 5.15 Å². The maximum absolute atomic E-state index is 11.6. The van der Waals surface area contributed by atoms with E-state index in [1.165, 1.54) is 31.3 Å². The highest BCUT2D eigenvalue weighted by molar-refractivity contribution is 7.18. The Labute approximate surface area is 147 Å². The fraction of sp³-hybridized carbons (Fsp3) is 0.312. The second-order valence-electron chi connectivity index (χ2n) is 5.60. The molecule has 1 saturated carbocycles. The molecule has 1 aliphatic carbocycles. The molecule has 0 amide bonds. The lowest BCUT2D eigenvalue weighted by Gasteiger charge is -2.07. The van der Waals surface area contributed by atoms with Crippen LogP contribution in [0.4, 0.5) is 5.13 Å². The number of nitrogens with zero attached hydrogens (tertiary/aromatic N) is 3. The quantitative estimate of drug-likeness (QED) is 0.697. The van der Waals surface area contributed by atoms with Gasteiger partial charge in [0.15, 0.2) is 15.2 Å². The molecular formula is C16H15ClN4O2S. The number of carbonyl (C=O) groups is 1. The molecule has 0 unspecified atom stereocenters. The average Bonchev–Trinajstić information content (AvgIpc) is 3.25. The van der Waals surface area contributed by atoms with Crippen molar-refractivity contribution in [2.75, 3.05) is 12.4 Å². The molecule has 0 spiro atoms. The number of esters is 1. The number of hydrogen-bond acceptors (Lipinski definition) is 6. The maximum atomic E-state index is 11.6. The summed E-state index contributed by atoms with van der Waals surface area (Å²) in [5, 5.41) is 3.95. The van der Waals surface area contributed by atoms with E-state index in [1.807, 2.05) is 18.2 Å². The number of thiazole rings is 1. The van der Waals surface area contributed by atoms with Crippen molar-refractivity contribution in [2.45, 2.75) is 25.4 Å². The second-order valence-corrected chi connectivity index (χ2v) is 6.96. The summed E-state index contributed by atoms with van der Waals surface area (Å²) in [6, 6.07) is 8.67. The number of hydrogen-bond donors (Lipinski definition) is 1. The number of fused-ring (bicyclic) bond motifs is 1. The zero-order valence-electron chi connectivity index (χ0n) is 13.0. The van der Waals surface area contributed by atoms with Gasteiger partial charge >= 0.3 is 5.97 Å². The van der Waals surface area contributed by atoms with Crippen LogP contribution in [0.25, 0.3) is 11.0 Å². The molecule has 2 heterocycles. The SMILES string of the molecule is COC(=O)c1sc(NCc2nc3ccccc3n2C2CC2)nc1Cl. The van der Waals surface area contributed by atoms with E-state index in [9.17, 15) is 4.79 Å². The van der Waals surface area contributed by atoms with Crippen LogP contribution in [0, 0.1) is 0 Å². The molecular weight excluding hydrogens is 348 g/mol. The normalized spacial score (nSPS) is 14.1. The second kappa shape index (κ2) is 6.07. The maximum Gasteiger partial charge on any atom is 0.351 e. The number of aromatic nitrogens is 3. The summed E-state index contributed by atoms with van der Waals surface area (Å²) in [4.78, 5) is 20.8. The van der Waals surface area contributed by atoms with Crippen LogP contribution in [-0.2, 0) is 11.3 Å². The first-order valence-corrected chi connectivity index (χ1v) is 8.81. The van der Waals surface area contributed by atoms with Crippen molar-refractivity contribution < 1.29 is 9.53 Å². The first-order chi connectivity index (χ1) is 11.7. The van der Waals surface area contributed by atoms with Gasteiger partial charge in [0.05, 0.1) is 24.7 Å². The Hall–Kier alpha value is -2.12. The minimum Gasteiger partial charge on any atom is -0.465 e. The molecule has 124 valence electrons. The molecule has 24 heavy (non-hydrogen) atoms. The summed E-state index contributed by atoms with van der Waals surface area (Å²) >= 11 is 7.18. The molecule has 3 aromatic rings. The van der Waals surface area contributed by atoms with Gasteiger partial charge in [-0.1, -0.05) is 35.1 Å². The van der Waals surface area contributed by atoms with Crippen LogP contribution in [0.15, 0.2) is 24.3 Å². The molecule has 1 aliphatic rings. The monoisotopic (exact) mass is 362 g/mol. The number of anilines is 1. The third-order valence-electron chi connectivity index (χ3n) is 3.94. The number of nitrogens with one attached hydrogen (secondary N) is 1. The Morgan fingerprint density at radius 1 is 1.42 bits per heavy atom.